The van der Waals surface area contributed by atoms with E-state index in [2.05, 4.69) is 54.5 Å². The van der Waals surface area contributed by atoms with Crippen molar-refractivity contribution in [3.8, 4) is 6.07 Å². The number of rotatable bonds is 7. The van der Waals surface area contributed by atoms with Crippen LogP contribution in [-0.2, 0) is 19.1 Å². The van der Waals surface area contributed by atoms with Gasteiger partial charge in [-0.25, -0.2) is 0 Å². The average Bonchev–Trinajstić information content (AvgIpc) is 2.83. The molecule has 2 fully saturated rings. The molecule has 0 amide bonds. The van der Waals surface area contributed by atoms with Crippen LogP contribution >= 0.6 is 0 Å². The van der Waals surface area contributed by atoms with Crippen molar-refractivity contribution in [3.05, 3.63) is 23.3 Å². The fourth-order valence-corrected chi connectivity index (χ4v) is 8.53. The van der Waals surface area contributed by atoms with Crippen molar-refractivity contribution in [2.24, 2.45) is 44.8 Å². The largest absolute Gasteiger partial charge is 0.466 e. The molecule has 0 N–H and O–H groups in total. The second-order valence-corrected chi connectivity index (χ2v) is 14.8. The Labute approximate surface area is 236 Å². The van der Waals surface area contributed by atoms with Crippen molar-refractivity contribution in [1.29, 1.82) is 5.26 Å². The number of esters is 1. The molecule has 0 aromatic carbocycles. The molecule has 3 aliphatic rings. The lowest BCUT2D eigenvalue weighted by Gasteiger charge is -2.59. The zero-order chi connectivity index (χ0) is 29.6. The van der Waals surface area contributed by atoms with Gasteiger partial charge in [0.05, 0.1) is 17.6 Å². The Balaban J connectivity index is 2.05. The molecule has 216 valence electrons. The highest BCUT2D eigenvalue weighted by Gasteiger charge is 2.59. The molecule has 5 nitrogen and oxygen atoms in total. The summed E-state index contributed by atoms with van der Waals surface area (Å²) >= 11 is 0. The molecule has 2 saturated carbocycles. The molecule has 3 aliphatic carbocycles. The number of fused-ring (bicyclic) bond motifs is 1. The summed E-state index contributed by atoms with van der Waals surface area (Å²) in [5.74, 6) is -0.174. The van der Waals surface area contributed by atoms with Crippen molar-refractivity contribution in [2.75, 3.05) is 6.61 Å². The van der Waals surface area contributed by atoms with Crippen LogP contribution in [0.4, 0.5) is 0 Å². The van der Waals surface area contributed by atoms with Crippen LogP contribution in [0.5, 0.6) is 0 Å². The van der Waals surface area contributed by atoms with Crippen molar-refractivity contribution in [3.63, 3.8) is 0 Å². The van der Waals surface area contributed by atoms with Crippen molar-refractivity contribution >= 4 is 17.5 Å². The third kappa shape index (κ3) is 5.30. The molecular formula is C34H51NO4. The highest BCUT2D eigenvalue weighted by Crippen LogP contribution is 2.65. The van der Waals surface area contributed by atoms with Crippen LogP contribution < -0.4 is 0 Å². The van der Waals surface area contributed by atoms with Crippen LogP contribution in [0, 0.1) is 56.2 Å². The minimum Gasteiger partial charge on any atom is -0.466 e. The first-order valence-corrected chi connectivity index (χ1v) is 15.0. The lowest BCUT2D eigenvalue weighted by Crippen LogP contribution is -2.53. The van der Waals surface area contributed by atoms with Crippen molar-refractivity contribution in [2.45, 2.75) is 114 Å². The smallest absolute Gasteiger partial charge is 0.312 e. The maximum Gasteiger partial charge on any atom is 0.312 e. The van der Waals surface area contributed by atoms with Gasteiger partial charge in [-0.15, -0.1) is 0 Å². The zero-order valence-electron chi connectivity index (χ0n) is 26.1. The molecule has 0 saturated heterocycles. The van der Waals surface area contributed by atoms with Gasteiger partial charge in [-0.3, -0.25) is 14.4 Å². The molecule has 6 atom stereocenters. The number of Topliss-reactive ketones (excluding diaryl/α,β-unsaturated/α-hetero) is 1. The van der Waals surface area contributed by atoms with Gasteiger partial charge in [-0.05, 0) is 93.0 Å². The summed E-state index contributed by atoms with van der Waals surface area (Å²) in [4.78, 5) is 39.1. The van der Waals surface area contributed by atoms with Gasteiger partial charge in [0, 0.05) is 11.3 Å². The minimum absolute atomic E-state index is 0.0171. The van der Waals surface area contributed by atoms with Gasteiger partial charge in [0.15, 0.2) is 11.6 Å². The lowest BCUT2D eigenvalue weighted by molar-refractivity contribution is -0.165. The van der Waals surface area contributed by atoms with Gasteiger partial charge in [-0.2, -0.15) is 5.26 Å². The van der Waals surface area contributed by atoms with E-state index in [9.17, 15) is 19.6 Å². The third-order valence-corrected chi connectivity index (χ3v) is 11.5. The standard InChI is InChI=1S/C34H51NO4/c1-11-39-29(38)34(16-14-30(5,6)19-22(34)2)17-15-31(7,8)33(10)13-12-26-24(4)28(37)25(21-35)20-32(26,9)27(33)18-23(3)36/h18,20,22,24,26H,11-17,19H2,1-10H3/b27-18-/t22?,24-,26-,32-,33+,34-/m0/s1. The predicted octanol–water partition coefficient (Wildman–Crippen LogP) is 7.80. The van der Waals surface area contributed by atoms with Gasteiger partial charge < -0.3 is 4.74 Å². The Morgan fingerprint density at radius 1 is 1.15 bits per heavy atom. The first kappa shape index (κ1) is 31.3. The maximum absolute atomic E-state index is 13.6. The molecule has 0 bridgehead atoms. The number of carbonyl (C=O) groups excluding carboxylic acids is 3. The molecular weight excluding hydrogens is 486 g/mol. The zero-order valence-corrected chi connectivity index (χ0v) is 26.1. The highest BCUT2D eigenvalue weighted by molar-refractivity contribution is 6.02. The monoisotopic (exact) mass is 537 g/mol. The number of hydrogen-bond acceptors (Lipinski definition) is 5. The number of nitriles is 1. The van der Waals surface area contributed by atoms with Crippen LogP contribution in [-0.4, -0.2) is 24.1 Å². The van der Waals surface area contributed by atoms with Crippen LogP contribution in [0.2, 0.25) is 0 Å². The third-order valence-electron chi connectivity index (χ3n) is 11.5. The summed E-state index contributed by atoms with van der Waals surface area (Å²) in [6.07, 6.45) is 9.71. The van der Waals surface area contributed by atoms with Crippen molar-refractivity contribution < 1.29 is 19.1 Å². The van der Waals surface area contributed by atoms with E-state index in [1.165, 1.54) is 0 Å². The first-order chi connectivity index (χ1) is 17.9. The number of nitrogens with zero attached hydrogens (tertiary/aromatic N) is 1. The summed E-state index contributed by atoms with van der Waals surface area (Å²) in [6.45, 7) is 21.5. The van der Waals surface area contributed by atoms with Gasteiger partial charge in [-0.1, -0.05) is 67.0 Å². The normalized spacial score (nSPS) is 37.5. The Hall–Kier alpha value is -2.22. The topological polar surface area (TPSA) is 84.2 Å². The summed E-state index contributed by atoms with van der Waals surface area (Å²) < 4.78 is 5.70. The quantitative estimate of drug-likeness (QED) is 0.244. The Morgan fingerprint density at radius 3 is 2.33 bits per heavy atom. The van der Waals surface area contributed by atoms with Crippen molar-refractivity contribution in [1.82, 2.24) is 0 Å². The van der Waals surface area contributed by atoms with E-state index in [4.69, 9.17) is 4.74 Å². The first-order valence-electron chi connectivity index (χ1n) is 15.0. The molecule has 0 spiro atoms. The molecule has 0 heterocycles. The number of ketones is 2. The van der Waals surface area contributed by atoms with Crippen LogP contribution in [0.3, 0.4) is 0 Å². The molecule has 0 aromatic rings. The van der Waals surface area contributed by atoms with Gasteiger partial charge in [0.2, 0.25) is 0 Å². The molecule has 5 heteroatoms. The van der Waals surface area contributed by atoms with E-state index < -0.39 is 10.8 Å². The molecule has 0 radical (unpaired) electrons. The Kier molecular flexibility index (Phi) is 8.54. The van der Waals surface area contributed by atoms with E-state index in [0.29, 0.717) is 6.61 Å². The molecule has 0 aromatic heterocycles. The van der Waals surface area contributed by atoms with Crippen LogP contribution in [0.15, 0.2) is 23.3 Å². The second-order valence-electron chi connectivity index (χ2n) is 14.8. The number of allylic oxidation sites excluding steroid dienone is 4. The van der Waals surface area contributed by atoms with E-state index in [1.54, 1.807) is 13.0 Å². The van der Waals surface area contributed by atoms with E-state index in [0.717, 1.165) is 50.5 Å². The Bertz CT molecular complexity index is 1120. The predicted molar refractivity (Wildman–Crippen MR) is 154 cm³/mol. The minimum atomic E-state index is -0.560. The van der Waals surface area contributed by atoms with E-state index >= 15 is 0 Å². The molecule has 39 heavy (non-hydrogen) atoms. The maximum atomic E-state index is 13.6. The number of hydrogen-bond donors (Lipinski definition) is 0. The van der Waals surface area contributed by atoms with E-state index in [-0.39, 0.29) is 57.1 Å². The summed E-state index contributed by atoms with van der Waals surface area (Å²) in [7, 11) is 0. The van der Waals surface area contributed by atoms with E-state index in [1.807, 2.05) is 19.9 Å². The molecule has 1 unspecified atom stereocenters. The molecule has 0 aliphatic heterocycles. The fraction of sp³-hybridized carbons (Fsp3) is 0.765. The van der Waals surface area contributed by atoms with Crippen LogP contribution in [0.1, 0.15) is 114 Å². The Morgan fingerprint density at radius 2 is 1.79 bits per heavy atom. The van der Waals surface area contributed by atoms with Gasteiger partial charge in [0.25, 0.3) is 0 Å². The second kappa shape index (κ2) is 10.6. The lowest BCUT2D eigenvalue weighted by atomic mass is 9.44. The summed E-state index contributed by atoms with van der Waals surface area (Å²) in [5, 5.41) is 9.79. The number of carbonyl (C=O) groups is 3. The average molecular weight is 538 g/mol. The summed E-state index contributed by atoms with van der Waals surface area (Å²) in [5.41, 5.74) is -0.231. The number of ether oxygens (including phenoxy) is 1. The van der Waals surface area contributed by atoms with Gasteiger partial charge >= 0.3 is 5.97 Å². The van der Waals surface area contributed by atoms with Crippen LogP contribution in [0.25, 0.3) is 0 Å². The summed E-state index contributed by atoms with van der Waals surface area (Å²) in [6, 6.07) is 2.14. The fourth-order valence-electron chi connectivity index (χ4n) is 8.53. The molecule has 3 rings (SSSR count). The highest BCUT2D eigenvalue weighted by atomic mass is 16.5. The van der Waals surface area contributed by atoms with Gasteiger partial charge in [0.1, 0.15) is 6.07 Å². The SMILES string of the molecule is CCOC(=O)[C@]1(CCC(C)(C)[C@]2(C)CC[C@H]3[C@H](C)C(=O)C(C#N)=C[C@]3(C)/C2=C/C(C)=O)CCC(C)(C)CC1C.